The highest BCUT2D eigenvalue weighted by atomic mass is 16.4. The molecule has 1 aromatic carbocycles. The highest BCUT2D eigenvalue weighted by molar-refractivity contribution is 6.01. The molecule has 72 valence electrons. The SMILES string of the molecule is O/N=C1/C=C(c2ccccc2)CCC1. The summed E-state index contributed by atoms with van der Waals surface area (Å²) < 4.78 is 0. The molecule has 2 nitrogen and oxygen atoms in total. The zero-order valence-electron chi connectivity index (χ0n) is 7.98. The van der Waals surface area contributed by atoms with Gasteiger partial charge in [0.25, 0.3) is 0 Å². The number of oxime groups is 1. The van der Waals surface area contributed by atoms with Crippen LogP contribution in [-0.4, -0.2) is 10.9 Å². The summed E-state index contributed by atoms with van der Waals surface area (Å²) in [4.78, 5) is 0. The first-order chi connectivity index (χ1) is 6.90. The molecule has 0 saturated carbocycles. The molecule has 1 aromatic rings. The topological polar surface area (TPSA) is 32.6 Å². The fourth-order valence-electron chi connectivity index (χ4n) is 1.76. The van der Waals surface area contributed by atoms with E-state index in [1.54, 1.807) is 0 Å². The van der Waals surface area contributed by atoms with E-state index in [1.807, 2.05) is 24.3 Å². The predicted octanol–water partition coefficient (Wildman–Crippen LogP) is 3.08. The lowest BCUT2D eigenvalue weighted by atomic mass is 9.93. The third-order valence-electron chi connectivity index (χ3n) is 2.49. The Morgan fingerprint density at radius 2 is 1.86 bits per heavy atom. The van der Waals surface area contributed by atoms with Gasteiger partial charge in [-0.05, 0) is 36.5 Å². The van der Waals surface area contributed by atoms with Crippen molar-refractivity contribution in [1.82, 2.24) is 0 Å². The molecule has 0 heterocycles. The van der Waals surface area contributed by atoms with Crippen LogP contribution in [0.25, 0.3) is 5.57 Å². The largest absolute Gasteiger partial charge is 0.411 e. The Bertz CT molecular complexity index is 365. The number of hydrogen-bond donors (Lipinski definition) is 1. The second-order valence-corrected chi connectivity index (χ2v) is 3.48. The molecule has 1 aliphatic carbocycles. The summed E-state index contributed by atoms with van der Waals surface area (Å²) in [7, 11) is 0. The van der Waals surface area contributed by atoms with E-state index >= 15 is 0 Å². The van der Waals surface area contributed by atoms with Crippen LogP contribution in [0.15, 0.2) is 41.6 Å². The fraction of sp³-hybridized carbons (Fsp3) is 0.250. The third kappa shape index (κ3) is 1.84. The predicted molar refractivity (Wildman–Crippen MR) is 57.5 cm³/mol. The molecular formula is C12H13NO. The molecule has 2 rings (SSSR count). The van der Waals surface area contributed by atoms with Crippen molar-refractivity contribution in [2.75, 3.05) is 0 Å². The monoisotopic (exact) mass is 187 g/mol. The third-order valence-corrected chi connectivity index (χ3v) is 2.49. The number of hydrogen-bond acceptors (Lipinski definition) is 2. The van der Waals surface area contributed by atoms with Gasteiger partial charge in [-0.25, -0.2) is 0 Å². The first-order valence-electron chi connectivity index (χ1n) is 4.87. The minimum atomic E-state index is 0.787. The Balaban J connectivity index is 2.31. The van der Waals surface area contributed by atoms with Gasteiger partial charge in [-0.15, -0.1) is 0 Å². The second-order valence-electron chi connectivity index (χ2n) is 3.48. The van der Waals surface area contributed by atoms with Gasteiger partial charge in [-0.2, -0.15) is 0 Å². The Hall–Kier alpha value is -1.57. The minimum absolute atomic E-state index is 0.787. The summed E-state index contributed by atoms with van der Waals surface area (Å²) in [5.74, 6) is 0. The summed E-state index contributed by atoms with van der Waals surface area (Å²) in [5, 5.41) is 12.0. The lowest BCUT2D eigenvalue weighted by Gasteiger charge is -2.13. The minimum Gasteiger partial charge on any atom is -0.411 e. The van der Waals surface area contributed by atoms with Crippen LogP contribution in [0.3, 0.4) is 0 Å². The summed E-state index contributed by atoms with van der Waals surface area (Å²) in [6, 6.07) is 10.2. The van der Waals surface area contributed by atoms with Gasteiger partial charge in [0.2, 0.25) is 0 Å². The number of rotatable bonds is 1. The van der Waals surface area contributed by atoms with E-state index in [0.717, 1.165) is 25.0 Å². The van der Waals surface area contributed by atoms with Crippen molar-refractivity contribution >= 4 is 11.3 Å². The molecule has 0 saturated heterocycles. The molecular weight excluding hydrogens is 174 g/mol. The van der Waals surface area contributed by atoms with Gasteiger partial charge in [-0.1, -0.05) is 35.5 Å². The van der Waals surface area contributed by atoms with Crippen molar-refractivity contribution in [1.29, 1.82) is 0 Å². The van der Waals surface area contributed by atoms with Crippen LogP contribution >= 0.6 is 0 Å². The van der Waals surface area contributed by atoms with E-state index in [4.69, 9.17) is 5.21 Å². The van der Waals surface area contributed by atoms with Gasteiger partial charge in [0.15, 0.2) is 0 Å². The van der Waals surface area contributed by atoms with Crippen molar-refractivity contribution in [3.63, 3.8) is 0 Å². The van der Waals surface area contributed by atoms with E-state index in [9.17, 15) is 0 Å². The fourth-order valence-corrected chi connectivity index (χ4v) is 1.76. The Morgan fingerprint density at radius 1 is 1.07 bits per heavy atom. The van der Waals surface area contributed by atoms with Gasteiger partial charge in [0.05, 0.1) is 5.71 Å². The lowest BCUT2D eigenvalue weighted by molar-refractivity contribution is 0.318. The van der Waals surface area contributed by atoms with Crippen molar-refractivity contribution in [3.05, 3.63) is 42.0 Å². The summed E-state index contributed by atoms with van der Waals surface area (Å²) in [6.07, 6.45) is 5.01. The zero-order valence-corrected chi connectivity index (χ0v) is 7.98. The molecule has 14 heavy (non-hydrogen) atoms. The van der Waals surface area contributed by atoms with Crippen LogP contribution in [0.2, 0.25) is 0 Å². The lowest BCUT2D eigenvalue weighted by Crippen LogP contribution is -2.02. The highest BCUT2D eigenvalue weighted by Crippen LogP contribution is 2.25. The first kappa shape index (κ1) is 9.00. The van der Waals surface area contributed by atoms with E-state index in [-0.39, 0.29) is 0 Å². The molecule has 2 heteroatoms. The maximum Gasteiger partial charge on any atom is 0.0798 e. The maximum absolute atomic E-state index is 8.70. The number of allylic oxidation sites excluding steroid dienone is 2. The number of benzene rings is 1. The smallest absolute Gasteiger partial charge is 0.0798 e. The molecule has 0 aromatic heterocycles. The maximum atomic E-state index is 8.70. The quantitative estimate of drug-likeness (QED) is 0.531. The molecule has 1 aliphatic rings. The molecule has 0 unspecified atom stereocenters. The Labute approximate surface area is 83.6 Å². The highest BCUT2D eigenvalue weighted by Gasteiger charge is 2.09. The van der Waals surface area contributed by atoms with Crippen LogP contribution in [0.1, 0.15) is 24.8 Å². The average molecular weight is 187 g/mol. The van der Waals surface area contributed by atoms with Crippen molar-refractivity contribution < 1.29 is 5.21 Å². The molecule has 0 radical (unpaired) electrons. The van der Waals surface area contributed by atoms with Crippen LogP contribution in [0.5, 0.6) is 0 Å². The molecule has 0 aliphatic heterocycles. The van der Waals surface area contributed by atoms with Gasteiger partial charge in [0, 0.05) is 0 Å². The van der Waals surface area contributed by atoms with Crippen LogP contribution in [-0.2, 0) is 0 Å². The van der Waals surface area contributed by atoms with E-state index in [2.05, 4.69) is 17.3 Å². The summed E-state index contributed by atoms with van der Waals surface area (Å²) in [6.45, 7) is 0. The molecule has 0 spiro atoms. The average Bonchev–Trinajstić information content (AvgIpc) is 2.30. The number of nitrogens with zero attached hydrogens (tertiary/aromatic N) is 1. The van der Waals surface area contributed by atoms with Crippen LogP contribution in [0, 0.1) is 0 Å². The van der Waals surface area contributed by atoms with Crippen molar-refractivity contribution in [3.8, 4) is 0 Å². The molecule has 0 fully saturated rings. The molecule has 0 atom stereocenters. The second kappa shape index (κ2) is 4.09. The zero-order chi connectivity index (χ0) is 9.80. The van der Waals surface area contributed by atoms with Gasteiger partial charge >= 0.3 is 0 Å². The van der Waals surface area contributed by atoms with E-state index in [1.165, 1.54) is 11.1 Å². The van der Waals surface area contributed by atoms with Gasteiger partial charge in [0.1, 0.15) is 0 Å². The molecule has 0 bridgehead atoms. The van der Waals surface area contributed by atoms with Crippen LogP contribution in [0.4, 0.5) is 0 Å². The standard InChI is InChI=1S/C12H13NO/c14-13-12-8-4-7-11(9-12)10-5-2-1-3-6-10/h1-3,5-6,9,14H,4,7-8H2/b13-12+. The molecule has 1 N–H and O–H groups in total. The van der Waals surface area contributed by atoms with Gasteiger partial charge < -0.3 is 5.21 Å². The first-order valence-corrected chi connectivity index (χ1v) is 4.87. The van der Waals surface area contributed by atoms with Crippen molar-refractivity contribution in [2.45, 2.75) is 19.3 Å². The van der Waals surface area contributed by atoms with Gasteiger partial charge in [-0.3, -0.25) is 0 Å². The van der Waals surface area contributed by atoms with Crippen LogP contribution < -0.4 is 0 Å². The van der Waals surface area contributed by atoms with E-state index < -0.39 is 0 Å². The Morgan fingerprint density at radius 3 is 2.57 bits per heavy atom. The summed E-state index contributed by atoms with van der Waals surface area (Å²) >= 11 is 0. The Kier molecular flexibility index (Phi) is 2.63. The van der Waals surface area contributed by atoms with E-state index in [0.29, 0.717) is 0 Å². The summed E-state index contributed by atoms with van der Waals surface area (Å²) in [5.41, 5.74) is 3.29. The molecule has 0 amide bonds. The normalized spacial score (nSPS) is 19.4. The van der Waals surface area contributed by atoms with Crippen molar-refractivity contribution in [2.24, 2.45) is 5.16 Å².